The second-order valence-electron chi connectivity index (χ2n) is 13.7. The number of aromatic nitrogens is 3. The summed E-state index contributed by atoms with van der Waals surface area (Å²) >= 11 is 0. The average Bonchev–Trinajstić information content (AvgIpc) is 3.63. The summed E-state index contributed by atoms with van der Waals surface area (Å²) in [5, 5.41) is 2.08. The first-order chi connectivity index (χ1) is 26.7. The van der Waals surface area contributed by atoms with E-state index in [0.717, 1.165) is 69.0 Å². The molecule has 9 aromatic rings. The Balaban J connectivity index is 1.34. The van der Waals surface area contributed by atoms with Gasteiger partial charge in [-0.15, -0.1) is 0 Å². The Morgan fingerprint density at radius 3 is 1.61 bits per heavy atom. The minimum atomic E-state index is 0.609. The van der Waals surface area contributed by atoms with Crippen LogP contribution in [0.4, 0.5) is 0 Å². The molecule has 0 saturated heterocycles. The lowest BCUT2D eigenvalue weighted by Gasteiger charge is -2.20. The van der Waals surface area contributed by atoms with Gasteiger partial charge >= 0.3 is 0 Å². The lowest BCUT2D eigenvalue weighted by Crippen LogP contribution is -2.03. The summed E-state index contributed by atoms with van der Waals surface area (Å²) in [4.78, 5) is 15.8. The van der Waals surface area contributed by atoms with Gasteiger partial charge in [0.1, 0.15) is 11.2 Å². The molecule has 0 amide bonds. The highest BCUT2D eigenvalue weighted by Gasteiger charge is 2.21. The molecule has 2 heterocycles. The van der Waals surface area contributed by atoms with E-state index in [2.05, 4.69) is 141 Å². The molecule has 260 valence electrons. The van der Waals surface area contributed by atoms with Crippen molar-refractivity contribution in [3.8, 4) is 67.5 Å². The van der Waals surface area contributed by atoms with Crippen LogP contribution in [0.5, 0.6) is 0 Å². The molecule has 0 saturated carbocycles. The monoisotopic (exact) mass is 697 g/mol. The van der Waals surface area contributed by atoms with Gasteiger partial charge in [0.25, 0.3) is 0 Å². The minimum absolute atomic E-state index is 0.609. The van der Waals surface area contributed by atoms with Crippen molar-refractivity contribution in [3.63, 3.8) is 0 Å². The lowest BCUT2D eigenvalue weighted by molar-refractivity contribution is 0.670. The number of fused-ring (bicyclic) bond motifs is 3. The van der Waals surface area contributed by atoms with E-state index >= 15 is 0 Å². The van der Waals surface area contributed by atoms with Crippen LogP contribution >= 0.6 is 0 Å². The van der Waals surface area contributed by atoms with Gasteiger partial charge in [0.05, 0.1) is 0 Å². The first-order valence-corrected chi connectivity index (χ1v) is 18.8. The molecule has 0 unspecified atom stereocenters. The van der Waals surface area contributed by atoms with Crippen LogP contribution in [0.3, 0.4) is 0 Å². The molecule has 0 fully saturated rings. The van der Waals surface area contributed by atoms with Crippen molar-refractivity contribution >= 4 is 21.9 Å². The molecule has 7 aromatic carbocycles. The van der Waals surface area contributed by atoms with Crippen molar-refractivity contribution < 1.29 is 4.42 Å². The third kappa shape index (κ3) is 6.16. The molecule has 0 bridgehead atoms. The first kappa shape index (κ1) is 33.2. The van der Waals surface area contributed by atoms with Crippen molar-refractivity contribution in [2.45, 2.75) is 33.1 Å². The van der Waals surface area contributed by atoms with Crippen molar-refractivity contribution in [3.05, 3.63) is 175 Å². The van der Waals surface area contributed by atoms with E-state index in [1.54, 1.807) is 0 Å². The van der Waals surface area contributed by atoms with Crippen LogP contribution in [0.1, 0.15) is 31.4 Å². The highest BCUT2D eigenvalue weighted by Crippen LogP contribution is 2.41. The fraction of sp³-hybridized carbons (Fsp3) is 0.100. The van der Waals surface area contributed by atoms with Gasteiger partial charge < -0.3 is 4.42 Å². The van der Waals surface area contributed by atoms with Crippen LogP contribution in [0.25, 0.3) is 89.5 Å². The first-order valence-electron chi connectivity index (χ1n) is 18.8. The van der Waals surface area contributed by atoms with Crippen molar-refractivity contribution in [1.82, 2.24) is 15.0 Å². The number of para-hydroxylation sites is 1. The Bertz CT molecular complexity index is 2750. The van der Waals surface area contributed by atoms with Crippen molar-refractivity contribution in [2.24, 2.45) is 0 Å². The highest BCUT2D eigenvalue weighted by molar-refractivity contribution is 6.11. The van der Waals surface area contributed by atoms with E-state index in [1.807, 2.05) is 36.4 Å². The Kier molecular flexibility index (Phi) is 8.86. The molecule has 2 aromatic heterocycles. The number of aryl methyl sites for hydroxylation is 1. The Morgan fingerprint density at radius 2 is 0.944 bits per heavy atom. The normalized spacial score (nSPS) is 11.4. The zero-order chi connectivity index (χ0) is 36.4. The molecular weight excluding hydrogens is 659 g/mol. The van der Waals surface area contributed by atoms with Gasteiger partial charge in [-0.1, -0.05) is 154 Å². The molecule has 4 heteroatoms. The molecule has 54 heavy (non-hydrogen) atoms. The summed E-state index contributed by atoms with van der Waals surface area (Å²) in [6.07, 6.45) is 2.93. The maximum Gasteiger partial charge on any atom is 0.164 e. The summed E-state index contributed by atoms with van der Waals surface area (Å²) in [6, 6.07) is 57.3. The molecule has 0 aliphatic rings. The van der Waals surface area contributed by atoms with Gasteiger partial charge in [0, 0.05) is 33.0 Å². The maximum atomic E-state index is 6.52. The third-order valence-electron chi connectivity index (χ3n) is 10.3. The molecular formula is C50H39N3O. The van der Waals surface area contributed by atoms with Gasteiger partial charge in [0.2, 0.25) is 0 Å². The van der Waals surface area contributed by atoms with Crippen molar-refractivity contribution in [1.29, 1.82) is 0 Å². The fourth-order valence-electron chi connectivity index (χ4n) is 7.67. The summed E-state index contributed by atoms with van der Waals surface area (Å²) < 4.78 is 6.52. The largest absolute Gasteiger partial charge is 0.455 e. The molecule has 4 nitrogen and oxygen atoms in total. The van der Waals surface area contributed by atoms with Crippen LogP contribution in [0.2, 0.25) is 0 Å². The van der Waals surface area contributed by atoms with Crippen LogP contribution < -0.4 is 0 Å². The number of furan rings is 1. The van der Waals surface area contributed by atoms with E-state index in [9.17, 15) is 0 Å². The second-order valence-corrected chi connectivity index (χ2v) is 13.7. The average molecular weight is 698 g/mol. The number of rotatable bonds is 9. The molecule has 0 radical (unpaired) electrons. The van der Waals surface area contributed by atoms with Crippen LogP contribution in [-0.4, -0.2) is 15.0 Å². The molecule has 0 N–H and O–H groups in total. The Morgan fingerprint density at radius 1 is 0.426 bits per heavy atom. The minimum Gasteiger partial charge on any atom is -0.455 e. The third-order valence-corrected chi connectivity index (χ3v) is 10.3. The SMILES string of the molecule is CCCc1c(-c2ccccc2)cc(-c2nc(-c3ccccc3)nc(-c3cc(-c4ccccc4)c4oc5ccccc5c4c3)n2)cc1-c1ccccc1CC. The number of nitrogens with zero attached hydrogens (tertiary/aromatic N) is 3. The second kappa shape index (κ2) is 14.4. The smallest absolute Gasteiger partial charge is 0.164 e. The van der Waals surface area contributed by atoms with Crippen LogP contribution in [0.15, 0.2) is 168 Å². The van der Waals surface area contributed by atoms with Gasteiger partial charge in [-0.3, -0.25) is 0 Å². The van der Waals surface area contributed by atoms with E-state index < -0.39 is 0 Å². The number of benzene rings is 7. The van der Waals surface area contributed by atoms with Crippen molar-refractivity contribution in [2.75, 3.05) is 0 Å². The van der Waals surface area contributed by atoms with Gasteiger partial charge in [-0.25, -0.2) is 15.0 Å². The van der Waals surface area contributed by atoms with E-state index in [1.165, 1.54) is 33.4 Å². The fourth-order valence-corrected chi connectivity index (χ4v) is 7.67. The molecule has 0 atom stereocenters. The number of hydrogen-bond donors (Lipinski definition) is 0. The quantitative estimate of drug-likeness (QED) is 0.151. The standard InChI is InChI=1S/C50H39N3O/c1-3-18-40-42(34-20-8-5-9-21-34)29-37(31-44(40)39-26-15-14-19-33(39)4-2)49-51-48(36-24-12-7-13-25-36)52-50(53-49)38-30-43(35-22-10-6-11-23-35)47-45(32-38)41-27-16-17-28-46(41)54-47/h5-17,19-32H,3-4,18H2,1-2H3. The highest BCUT2D eigenvalue weighted by atomic mass is 16.3. The van der Waals surface area contributed by atoms with E-state index in [0.29, 0.717) is 17.5 Å². The summed E-state index contributed by atoms with van der Waals surface area (Å²) in [5.74, 6) is 1.87. The lowest BCUT2D eigenvalue weighted by atomic mass is 9.85. The number of hydrogen-bond acceptors (Lipinski definition) is 4. The predicted molar refractivity (Wildman–Crippen MR) is 223 cm³/mol. The Hall–Kier alpha value is -6.65. The molecule has 0 spiro atoms. The zero-order valence-electron chi connectivity index (χ0n) is 30.5. The van der Waals surface area contributed by atoms with Gasteiger partial charge in [-0.05, 0) is 82.1 Å². The molecule has 0 aliphatic carbocycles. The maximum absolute atomic E-state index is 6.52. The predicted octanol–water partition coefficient (Wildman–Crippen LogP) is 13.3. The summed E-state index contributed by atoms with van der Waals surface area (Å²) in [6.45, 7) is 4.49. The summed E-state index contributed by atoms with van der Waals surface area (Å²) in [7, 11) is 0. The van der Waals surface area contributed by atoms with E-state index in [4.69, 9.17) is 19.4 Å². The zero-order valence-corrected chi connectivity index (χ0v) is 30.5. The van der Waals surface area contributed by atoms with E-state index in [-0.39, 0.29) is 0 Å². The molecule has 9 rings (SSSR count). The van der Waals surface area contributed by atoms with Gasteiger partial charge in [0.15, 0.2) is 17.5 Å². The summed E-state index contributed by atoms with van der Waals surface area (Å²) in [5.41, 5.74) is 14.1. The topological polar surface area (TPSA) is 51.8 Å². The Labute approximate surface area is 315 Å². The molecule has 0 aliphatic heterocycles. The van der Waals surface area contributed by atoms with Gasteiger partial charge in [-0.2, -0.15) is 0 Å². The van der Waals surface area contributed by atoms with Crippen LogP contribution in [-0.2, 0) is 12.8 Å². The van der Waals surface area contributed by atoms with Crippen LogP contribution in [0, 0.1) is 0 Å².